The topological polar surface area (TPSA) is 75.6 Å². The molecule has 118 valence electrons. The van der Waals surface area contributed by atoms with Crippen molar-refractivity contribution in [1.29, 1.82) is 0 Å². The zero-order valence-corrected chi connectivity index (χ0v) is 13.1. The molecule has 2 rings (SSSR count). The van der Waals surface area contributed by atoms with Crippen molar-refractivity contribution < 1.29 is 18.3 Å². The molecule has 0 saturated carbocycles. The van der Waals surface area contributed by atoms with E-state index in [4.69, 9.17) is 4.74 Å². The van der Waals surface area contributed by atoms with Gasteiger partial charge >= 0.3 is 0 Å². The van der Waals surface area contributed by atoms with Gasteiger partial charge in [0.05, 0.1) is 11.0 Å². The summed E-state index contributed by atoms with van der Waals surface area (Å²) in [6, 6.07) is 7.63. The lowest BCUT2D eigenvalue weighted by atomic mass is 10.2. The first-order chi connectivity index (χ1) is 9.99. The second kappa shape index (κ2) is 7.24. The molecular weight excluding hydrogens is 290 g/mol. The maximum Gasteiger partial charge on any atom is 0.154 e. The first kappa shape index (κ1) is 16.3. The molecular formula is C15H23NO4S. The molecule has 0 amide bonds. The lowest BCUT2D eigenvalue weighted by Crippen LogP contribution is -2.37. The molecule has 2 atom stereocenters. The van der Waals surface area contributed by atoms with Crippen molar-refractivity contribution in [2.75, 3.05) is 25.4 Å². The lowest BCUT2D eigenvalue weighted by Gasteiger charge is -2.16. The van der Waals surface area contributed by atoms with Crippen molar-refractivity contribution in [2.45, 2.75) is 31.1 Å². The lowest BCUT2D eigenvalue weighted by molar-refractivity contribution is 0.106. The van der Waals surface area contributed by atoms with Crippen LogP contribution in [0.3, 0.4) is 0 Å². The van der Waals surface area contributed by atoms with Crippen LogP contribution in [0.25, 0.3) is 0 Å². The van der Waals surface area contributed by atoms with Crippen LogP contribution in [0.15, 0.2) is 24.3 Å². The van der Waals surface area contributed by atoms with Gasteiger partial charge in [-0.2, -0.15) is 0 Å². The number of sulfone groups is 1. The number of hydrogen-bond donors (Lipinski definition) is 2. The average Bonchev–Trinajstić information content (AvgIpc) is 2.77. The highest BCUT2D eigenvalue weighted by molar-refractivity contribution is 7.92. The van der Waals surface area contributed by atoms with E-state index in [1.165, 1.54) is 0 Å². The van der Waals surface area contributed by atoms with Crippen LogP contribution in [-0.4, -0.2) is 50.3 Å². The number of ether oxygens (including phenoxy) is 1. The fraction of sp³-hybridized carbons (Fsp3) is 0.600. The van der Waals surface area contributed by atoms with E-state index in [0.29, 0.717) is 19.5 Å². The predicted octanol–water partition coefficient (Wildman–Crippen LogP) is 0.902. The molecule has 1 heterocycles. The summed E-state index contributed by atoms with van der Waals surface area (Å²) >= 11 is 0. The van der Waals surface area contributed by atoms with E-state index < -0.39 is 15.9 Å². The van der Waals surface area contributed by atoms with Crippen LogP contribution in [0.1, 0.15) is 18.4 Å². The summed E-state index contributed by atoms with van der Waals surface area (Å²) in [6.45, 7) is 2.88. The molecule has 0 bridgehead atoms. The number of aryl methyl sites for hydroxylation is 1. The number of aliphatic hydroxyl groups excluding tert-OH is 1. The van der Waals surface area contributed by atoms with E-state index in [1.807, 2.05) is 31.2 Å². The predicted molar refractivity (Wildman–Crippen MR) is 82.4 cm³/mol. The van der Waals surface area contributed by atoms with Gasteiger partial charge in [0.15, 0.2) is 9.84 Å². The van der Waals surface area contributed by atoms with Gasteiger partial charge < -0.3 is 15.2 Å². The number of benzene rings is 1. The van der Waals surface area contributed by atoms with Crippen LogP contribution in [0.5, 0.6) is 5.75 Å². The average molecular weight is 313 g/mol. The zero-order valence-electron chi connectivity index (χ0n) is 12.3. The van der Waals surface area contributed by atoms with Gasteiger partial charge in [-0.25, -0.2) is 8.42 Å². The van der Waals surface area contributed by atoms with Crippen LogP contribution in [0, 0.1) is 6.92 Å². The monoisotopic (exact) mass is 313 g/mol. The Kier molecular flexibility index (Phi) is 5.61. The summed E-state index contributed by atoms with van der Waals surface area (Å²) in [5.74, 6) is 1.05. The van der Waals surface area contributed by atoms with E-state index in [9.17, 15) is 13.5 Å². The molecule has 1 aromatic carbocycles. The van der Waals surface area contributed by atoms with Gasteiger partial charge in [-0.15, -0.1) is 0 Å². The Hall–Kier alpha value is -1.11. The first-order valence-corrected chi connectivity index (χ1v) is 8.99. The first-order valence-electron chi connectivity index (χ1n) is 7.28. The summed E-state index contributed by atoms with van der Waals surface area (Å²) in [5, 5.41) is 12.6. The molecule has 0 aromatic heterocycles. The Balaban J connectivity index is 1.68. The molecule has 1 aromatic rings. The smallest absolute Gasteiger partial charge is 0.154 e. The molecule has 1 fully saturated rings. The van der Waals surface area contributed by atoms with Crippen molar-refractivity contribution in [3.05, 3.63) is 29.8 Å². The fourth-order valence-corrected chi connectivity index (χ4v) is 4.26. The van der Waals surface area contributed by atoms with E-state index in [1.54, 1.807) is 0 Å². The minimum absolute atomic E-state index is 0.190. The number of hydrogen-bond acceptors (Lipinski definition) is 5. The SMILES string of the molecule is Cc1ccccc1OCC(O)CNCC1CCCS1(=O)=O. The van der Waals surface area contributed by atoms with Gasteiger partial charge in [0.25, 0.3) is 0 Å². The van der Waals surface area contributed by atoms with Crippen LogP contribution in [0.2, 0.25) is 0 Å². The normalized spacial score (nSPS) is 22.1. The van der Waals surface area contributed by atoms with E-state index in [-0.39, 0.29) is 17.6 Å². The maximum atomic E-state index is 11.7. The van der Waals surface area contributed by atoms with E-state index in [0.717, 1.165) is 17.7 Å². The second-order valence-electron chi connectivity index (χ2n) is 5.52. The van der Waals surface area contributed by atoms with Crippen LogP contribution in [0.4, 0.5) is 0 Å². The Morgan fingerprint density at radius 1 is 1.43 bits per heavy atom. The molecule has 2 unspecified atom stereocenters. The highest BCUT2D eigenvalue weighted by Crippen LogP contribution is 2.19. The van der Waals surface area contributed by atoms with Gasteiger partial charge in [0.2, 0.25) is 0 Å². The molecule has 21 heavy (non-hydrogen) atoms. The summed E-state index contributed by atoms with van der Waals surface area (Å²) < 4.78 is 28.9. The highest BCUT2D eigenvalue weighted by Gasteiger charge is 2.30. The molecule has 1 saturated heterocycles. The molecule has 0 spiro atoms. The van der Waals surface area contributed by atoms with Gasteiger partial charge in [0, 0.05) is 13.1 Å². The third kappa shape index (κ3) is 4.69. The number of nitrogens with one attached hydrogen (secondary N) is 1. The van der Waals surface area contributed by atoms with Crippen molar-refractivity contribution in [3.8, 4) is 5.75 Å². The van der Waals surface area contributed by atoms with Crippen molar-refractivity contribution in [2.24, 2.45) is 0 Å². The van der Waals surface area contributed by atoms with Gasteiger partial charge in [-0.3, -0.25) is 0 Å². The fourth-order valence-electron chi connectivity index (χ4n) is 2.46. The van der Waals surface area contributed by atoms with Crippen molar-refractivity contribution in [3.63, 3.8) is 0 Å². The number of rotatable bonds is 7. The molecule has 2 N–H and O–H groups in total. The second-order valence-corrected chi connectivity index (χ2v) is 7.92. The minimum Gasteiger partial charge on any atom is -0.491 e. The maximum absolute atomic E-state index is 11.7. The Morgan fingerprint density at radius 2 is 2.19 bits per heavy atom. The Morgan fingerprint density at radius 3 is 2.86 bits per heavy atom. The van der Waals surface area contributed by atoms with E-state index >= 15 is 0 Å². The summed E-state index contributed by atoms with van der Waals surface area (Å²) in [7, 11) is -2.92. The van der Waals surface area contributed by atoms with E-state index in [2.05, 4.69) is 5.32 Å². The standard InChI is InChI=1S/C15H23NO4S/c1-12-5-2-3-7-15(12)20-11-13(17)9-16-10-14-6-4-8-21(14,18)19/h2-3,5,7,13-14,16-17H,4,6,8-11H2,1H3. The van der Waals surface area contributed by atoms with Crippen molar-refractivity contribution in [1.82, 2.24) is 5.32 Å². The molecule has 5 nitrogen and oxygen atoms in total. The van der Waals surface area contributed by atoms with Crippen LogP contribution in [-0.2, 0) is 9.84 Å². The molecule has 0 radical (unpaired) electrons. The largest absolute Gasteiger partial charge is 0.491 e. The summed E-state index contributed by atoms with van der Waals surface area (Å²) in [4.78, 5) is 0. The van der Waals surface area contributed by atoms with Crippen LogP contribution >= 0.6 is 0 Å². The third-order valence-electron chi connectivity index (χ3n) is 3.74. The van der Waals surface area contributed by atoms with Gasteiger partial charge in [0.1, 0.15) is 18.5 Å². The quantitative estimate of drug-likeness (QED) is 0.782. The van der Waals surface area contributed by atoms with Gasteiger partial charge in [-0.1, -0.05) is 18.2 Å². The van der Waals surface area contributed by atoms with Crippen molar-refractivity contribution >= 4 is 9.84 Å². The third-order valence-corrected chi connectivity index (χ3v) is 6.02. The molecule has 1 aliphatic rings. The molecule has 1 aliphatic heterocycles. The Bertz CT molecular complexity index is 559. The highest BCUT2D eigenvalue weighted by atomic mass is 32.2. The summed E-state index contributed by atoms with van der Waals surface area (Å²) in [6.07, 6.45) is 0.799. The summed E-state index contributed by atoms with van der Waals surface area (Å²) in [5.41, 5.74) is 1.02. The van der Waals surface area contributed by atoms with Crippen LogP contribution < -0.4 is 10.1 Å². The Labute approximate surface area is 126 Å². The number of para-hydroxylation sites is 1. The van der Waals surface area contributed by atoms with Gasteiger partial charge in [-0.05, 0) is 31.4 Å². The minimum atomic E-state index is -2.92. The molecule has 0 aliphatic carbocycles. The molecule has 6 heteroatoms. The number of aliphatic hydroxyl groups is 1. The zero-order chi connectivity index (χ0) is 15.3.